The van der Waals surface area contributed by atoms with E-state index in [4.69, 9.17) is 5.14 Å². The summed E-state index contributed by atoms with van der Waals surface area (Å²) in [6.07, 6.45) is 0. The maximum Gasteiger partial charge on any atom is 0.238 e. The van der Waals surface area contributed by atoms with E-state index in [0.717, 1.165) is 15.6 Å². The van der Waals surface area contributed by atoms with Crippen LogP contribution in [0.15, 0.2) is 57.9 Å². The monoisotopic (exact) mass is 311 g/mol. The fraction of sp³-hybridized carbons (Fsp3) is 0. The Labute approximate surface area is 108 Å². The quantitative estimate of drug-likeness (QED) is 0.927. The van der Waals surface area contributed by atoms with Crippen molar-refractivity contribution in [2.24, 2.45) is 5.14 Å². The molecule has 2 aromatic carbocycles. The number of halogens is 1. The Morgan fingerprint density at radius 3 is 1.65 bits per heavy atom. The number of nitrogens with two attached hydrogens (primary N) is 1. The fourth-order valence-corrected chi connectivity index (χ4v) is 2.26. The normalized spacial score (nSPS) is 11.4. The van der Waals surface area contributed by atoms with Crippen molar-refractivity contribution in [1.29, 1.82) is 0 Å². The molecule has 3 nitrogen and oxygen atoms in total. The second-order valence-electron chi connectivity index (χ2n) is 3.58. The summed E-state index contributed by atoms with van der Waals surface area (Å²) in [7, 11) is -3.62. The van der Waals surface area contributed by atoms with Gasteiger partial charge in [-0.3, -0.25) is 0 Å². The highest BCUT2D eigenvalue weighted by molar-refractivity contribution is 9.10. The van der Waals surface area contributed by atoms with Crippen molar-refractivity contribution in [3.8, 4) is 11.1 Å². The minimum atomic E-state index is -3.62. The highest BCUT2D eigenvalue weighted by Gasteiger charge is 2.07. The Morgan fingerprint density at radius 2 is 1.24 bits per heavy atom. The van der Waals surface area contributed by atoms with Crippen LogP contribution in [0.4, 0.5) is 0 Å². The zero-order valence-corrected chi connectivity index (χ0v) is 11.2. The molecule has 0 saturated carbocycles. The summed E-state index contributed by atoms with van der Waals surface area (Å²) in [6.45, 7) is 0. The third kappa shape index (κ3) is 2.94. The molecule has 2 N–H and O–H groups in total. The molecule has 88 valence electrons. The summed E-state index contributed by atoms with van der Waals surface area (Å²) in [5, 5.41) is 5.03. The SMILES string of the molecule is NS(=O)(=O)c1ccc(-c2ccc(Br)cc2)cc1. The standard InChI is InChI=1S/C12H10BrNO2S/c13-11-5-1-9(2-6-11)10-3-7-12(8-4-10)17(14,15)16/h1-8H,(H2,14,15,16). The van der Waals surface area contributed by atoms with E-state index < -0.39 is 10.0 Å². The van der Waals surface area contributed by atoms with Crippen LogP contribution in [0.3, 0.4) is 0 Å². The van der Waals surface area contributed by atoms with E-state index in [1.807, 2.05) is 24.3 Å². The lowest BCUT2D eigenvalue weighted by atomic mass is 10.1. The fourth-order valence-electron chi connectivity index (χ4n) is 1.48. The van der Waals surface area contributed by atoms with Crippen LogP contribution in [-0.2, 0) is 10.0 Å². The average Bonchev–Trinajstić information content (AvgIpc) is 2.29. The van der Waals surface area contributed by atoms with Crippen molar-refractivity contribution in [2.45, 2.75) is 4.90 Å². The Balaban J connectivity index is 2.39. The molecule has 0 spiro atoms. The van der Waals surface area contributed by atoms with Crippen LogP contribution in [0, 0.1) is 0 Å². The first-order chi connectivity index (χ1) is 7.97. The zero-order chi connectivity index (χ0) is 12.5. The van der Waals surface area contributed by atoms with Gasteiger partial charge in [0, 0.05) is 4.47 Å². The molecule has 0 unspecified atom stereocenters. The number of rotatable bonds is 2. The van der Waals surface area contributed by atoms with E-state index in [1.165, 1.54) is 12.1 Å². The molecule has 0 aromatic heterocycles. The van der Waals surface area contributed by atoms with Gasteiger partial charge in [0.05, 0.1) is 4.90 Å². The van der Waals surface area contributed by atoms with Crippen LogP contribution < -0.4 is 5.14 Å². The lowest BCUT2D eigenvalue weighted by Gasteiger charge is -2.03. The van der Waals surface area contributed by atoms with Gasteiger partial charge in [0.25, 0.3) is 0 Å². The molecule has 5 heteroatoms. The Morgan fingerprint density at radius 1 is 0.824 bits per heavy atom. The van der Waals surface area contributed by atoms with Crippen molar-refractivity contribution >= 4 is 26.0 Å². The largest absolute Gasteiger partial charge is 0.238 e. The number of benzene rings is 2. The van der Waals surface area contributed by atoms with Gasteiger partial charge in [-0.2, -0.15) is 0 Å². The molecule has 0 aliphatic rings. The minimum Gasteiger partial charge on any atom is -0.225 e. The predicted octanol–water partition coefficient (Wildman–Crippen LogP) is 2.76. The van der Waals surface area contributed by atoms with Crippen molar-refractivity contribution in [1.82, 2.24) is 0 Å². The molecule has 2 rings (SSSR count). The molecule has 0 amide bonds. The van der Waals surface area contributed by atoms with Crippen molar-refractivity contribution in [3.63, 3.8) is 0 Å². The summed E-state index contributed by atoms with van der Waals surface area (Å²) in [4.78, 5) is 0.123. The van der Waals surface area contributed by atoms with E-state index in [-0.39, 0.29) is 4.90 Å². The Kier molecular flexibility index (Phi) is 3.33. The zero-order valence-electron chi connectivity index (χ0n) is 8.80. The van der Waals surface area contributed by atoms with Gasteiger partial charge < -0.3 is 0 Å². The van der Waals surface area contributed by atoms with Crippen molar-refractivity contribution in [2.75, 3.05) is 0 Å². The van der Waals surface area contributed by atoms with Crippen molar-refractivity contribution < 1.29 is 8.42 Å². The van der Waals surface area contributed by atoms with Gasteiger partial charge in [-0.25, -0.2) is 13.6 Å². The van der Waals surface area contributed by atoms with Gasteiger partial charge in [-0.15, -0.1) is 0 Å². The molecule has 0 aliphatic carbocycles. The maximum atomic E-state index is 11.1. The molecule has 0 fully saturated rings. The molecule has 17 heavy (non-hydrogen) atoms. The topological polar surface area (TPSA) is 60.2 Å². The summed E-state index contributed by atoms with van der Waals surface area (Å²) in [5.74, 6) is 0. The van der Waals surface area contributed by atoms with Gasteiger partial charge in [0.1, 0.15) is 0 Å². The highest BCUT2D eigenvalue weighted by atomic mass is 79.9. The average molecular weight is 312 g/mol. The molecular weight excluding hydrogens is 302 g/mol. The summed E-state index contributed by atoms with van der Waals surface area (Å²) in [6, 6.07) is 14.3. The number of sulfonamides is 1. The van der Waals surface area contributed by atoms with E-state index in [1.54, 1.807) is 12.1 Å². The van der Waals surface area contributed by atoms with Gasteiger partial charge in [0.15, 0.2) is 0 Å². The van der Waals surface area contributed by atoms with E-state index in [9.17, 15) is 8.42 Å². The molecule has 0 heterocycles. The van der Waals surface area contributed by atoms with Gasteiger partial charge in [-0.1, -0.05) is 40.2 Å². The first kappa shape index (κ1) is 12.3. The summed E-state index contributed by atoms with van der Waals surface area (Å²) in [5.41, 5.74) is 1.97. The molecule has 0 saturated heterocycles. The first-order valence-corrected chi connectivity index (χ1v) is 7.19. The Bertz CT molecular complexity index is 619. The number of primary sulfonamides is 1. The Hall–Kier alpha value is -1.17. The molecule has 0 radical (unpaired) electrons. The van der Waals surface area contributed by atoms with Crippen LogP contribution in [0.2, 0.25) is 0 Å². The predicted molar refractivity (Wildman–Crippen MR) is 71.0 cm³/mol. The van der Waals surface area contributed by atoms with E-state index in [2.05, 4.69) is 15.9 Å². The number of hydrogen-bond acceptors (Lipinski definition) is 2. The van der Waals surface area contributed by atoms with E-state index in [0.29, 0.717) is 0 Å². The van der Waals surface area contributed by atoms with Crippen LogP contribution in [0.1, 0.15) is 0 Å². The van der Waals surface area contributed by atoms with Crippen LogP contribution >= 0.6 is 15.9 Å². The second kappa shape index (κ2) is 4.60. The summed E-state index contributed by atoms with van der Waals surface area (Å²) < 4.78 is 23.2. The maximum absolute atomic E-state index is 11.1. The number of hydrogen-bond donors (Lipinski definition) is 1. The summed E-state index contributed by atoms with van der Waals surface area (Å²) >= 11 is 3.36. The highest BCUT2D eigenvalue weighted by Crippen LogP contribution is 2.22. The minimum absolute atomic E-state index is 0.123. The molecule has 0 bridgehead atoms. The molecule has 0 aliphatic heterocycles. The van der Waals surface area contributed by atoms with Gasteiger partial charge in [-0.05, 0) is 35.4 Å². The third-order valence-electron chi connectivity index (χ3n) is 2.36. The van der Waals surface area contributed by atoms with Crippen LogP contribution in [0.25, 0.3) is 11.1 Å². The van der Waals surface area contributed by atoms with Crippen LogP contribution in [0.5, 0.6) is 0 Å². The molecule has 2 aromatic rings. The molecular formula is C12H10BrNO2S. The lowest BCUT2D eigenvalue weighted by molar-refractivity contribution is 0.598. The second-order valence-corrected chi connectivity index (χ2v) is 6.05. The van der Waals surface area contributed by atoms with Gasteiger partial charge in [0.2, 0.25) is 10.0 Å². The van der Waals surface area contributed by atoms with Crippen molar-refractivity contribution in [3.05, 3.63) is 53.0 Å². The third-order valence-corrected chi connectivity index (χ3v) is 3.82. The first-order valence-electron chi connectivity index (χ1n) is 4.85. The smallest absolute Gasteiger partial charge is 0.225 e. The van der Waals surface area contributed by atoms with E-state index >= 15 is 0 Å². The van der Waals surface area contributed by atoms with Gasteiger partial charge >= 0.3 is 0 Å². The lowest BCUT2D eigenvalue weighted by Crippen LogP contribution is -2.11. The molecule has 0 atom stereocenters. The van der Waals surface area contributed by atoms with Crippen LogP contribution in [-0.4, -0.2) is 8.42 Å².